The van der Waals surface area contributed by atoms with Gasteiger partial charge in [0.25, 0.3) is 0 Å². The maximum atomic E-state index is 13.0. The monoisotopic (exact) mass is 251 g/mol. The SMILES string of the molecule is CC1CCC(OC(=O)c2ccc(F)c(N)c2)CC1. The maximum absolute atomic E-state index is 13.0. The molecule has 0 bridgehead atoms. The number of benzene rings is 1. The van der Waals surface area contributed by atoms with Crippen molar-refractivity contribution in [1.29, 1.82) is 0 Å². The molecule has 2 N–H and O–H groups in total. The van der Waals surface area contributed by atoms with Crippen LogP contribution in [0.15, 0.2) is 18.2 Å². The molecule has 98 valence electrons. The Bertz CT molecular complexity index is 439. The highest BCUT2D eigenvalue weighted by atomic mass is 19.1. The number of rotatable bonds is 2. The number of ether oxygens (including phenoxy) is 1. The second-order valence-electron chi connectivity index (χ2n) is 5.02. The molecule has 1 aliphatic carbocycles. The Morgan fingerprint density at radius 2 is 2.00 bits per heavy atom. The van der Waals surface area contributed by atoms with E-state index in [0.717, 1.165) is 25.7 Å². The van der Waals surface area contributed by atoms with Gasteiger partial charge in [-0.25, -0.2) is 9.18 Å². The molecule has 1 saturated carbocycles. The molecule has 2 rings (SSSR count). The second kappa shape index (κ2) is 5.38. The summed E-state index contributed by atoms with van der Waals surface area (Å²) in [5.74, 6) is -0.222. The maximum Gasteiger partial charge on any atom is 0.338 e. The van der Waals surface area contributed by atoms with E-state index in [0.29, 0.717) is 11.5 Å². The first kappa shape index (κ1) is 12.9. The molecular weight excluding hydrogens is 233 g/mol. The highest BCUT2D eigenvalue weighted by molar-refractivity contribution is 5.90. The molecule has 18 heavy (non-hydrogen) atoms. The number of esters is 1. The third kappa shape index (κ3) is 3.00. The molecule has 0 amide bonds. The van der Waals surface area contributed by atoms with Crippen LogP contribution in [0.25, 0.3) is 0 Å². The van der Waals surface area contributed by atoms with Crippen LogP contribution in [0, 0.1) is 11.7 Å². The highest BCUT2D eigenvalue weighted by Crippen LogP contribution is 2.26. The average molecular weight is 251 g/mol. The summed E-state index contributed by atoms with van der Waals surface area (Å²) in [6, 6.07) is 3.91. The third-order valence-corrected chi connectivity index (χ3v) is 3.47. The van der Waals surface area contributed by atoms with E-state index in [1.807, 2.05) is 0 Å². The van der Waals surface area contributed by atoms with Crippen LogP contribution in [-0.4, -0.2) is 12.1 Å². The van der Waals surface area contributed by atoms with Crippen molar-refractivity contribution in [3.63, 3.8) is 0 Å². The highest BCUT2D eigenvalue weighted by Gasteiger charge is 2.22. The normalized spacial score (nSPS) is 23.7. The third-order valence-electron chi connectivity index (χ3n) is 3.47. The topological polar surface area (TPSA) is 52.3 Å². The van der Waals surface area contributed by atoms with E-state index >= 15 is 0 Å². The predicted molar refractivity (Wildman–Crippen MR) is 67.6 cm³/mol. The van der Waals surface area contributed by atoms with Crippen LogP contribution < -0.4 is 5.73 Å². The molecule has 0 unspecified atom stereocenters. The van der Waals surface area contributed by atoms with Gasteiger partial charge in [-0.15, -0.1) is 0 Å². The van der Waals surface area contributed by atoms with E-state index in [1.54, 1.807) is 0 Å². The van der Waals surface area contributed by atoms with Crippen LogP contribution in [0.3, 0.4) is 0 Å². The summed E-state index contributed by atoms with van der Waals surface area (Å²) in [4.78, 5) is 11.9. The summed E-state index contributed by atoms with van der Waals surface area (Å²) < 4.78 is 18.4. The zero-order chi connectivity index (χ0) is 13.1. The minimum absolute atomic E-state index is 0.0139. The number of hydrogen-bond acceptors (Lipinski definition) is 3. The summed E-state index contributed by atoms with van der Waals surface area (Å²) in [7, 11) is 0. The molecule has 1 aromatic carbocycles. The molecule has 0 spiro atoms. The Labute approximate surface area is 106 Å². The summed E-state index contributed by atoms with van der Waals surface area (Å²) in [5, 5.41) is 0. The number of nitrogens with two attached hydrogens (primary N) is 1. The minimum atomic E-state index is -0.516. The Morgan fingerprint density at radius 3 is 2.61 bits per heavy atom. The van der Waals surface area contributed by atoms with Gasteiger partial charge in [0.1, 0.15) is 11.9 Å². The lowest BCUT2D eigenvalue weighted by Gasteiger charge is -2.26. The molecule has 0 aliphatic heterocycles. The molecular formula is C14H18FNO2. The molecule has 1 aliphatic rings. The van der Waals surface area contributed by atoms with Crippen LogP contribution in [0.1, 0.15) is 43.0 Å². The van der Waals surface area contributed by atoms with E-state index < -0.39 is 11.8 Å². The molecule has 0 aromatic heterocycles. The van der Waals surface area contributed by atoms with E-state index in [1.165, 1.54) is 18.2 Å². The number of nitrogen functional groups attached to an aromatic ring is 1. The zero-order valence-corrected chi connectivity index (χ0v) is 10.5. The van der Waals surface area contributed by atoms with Gasteiger partial charge in [-0.3, -0.25) is 0 Å². The first-order valence-corrected chi connectivity index (χ1v) is 6.32. The van der Waals surface area contributed by atoms with Crippen molar-refractivity contribution in [2.75, 3.05) is 5.73 Å². The Kier molecular flexibility index (Phi) is 3.84. The minimum Gasteiger partial charge on any atom is -0.459 e. The zero-order valence-electron chi connectivity index (χ0n) is 10.5. The van der Waals surface area contributed by atoms with Crippen molar-refractivity contribution in [1.82, 2.24) is 0 Å². The molecule has 0 saturated heterocycles. The molecule has 3 nitrogen and oxygen atoms in total. The summed E-state index contributed by atoms with van der Waals surface area (Å²) >= 11 is 0. The average Bonchev–Trinajstić information content (AvgIpc) is 2.35. The second-order valence-corrected chi connectivity index (χ2v) is 5.02. The van der Waals surface area contributed by atoms with Crippen LogP contribution in [0.2, 0.25) is 0 Å². The van der Waals surface area contributed by atoms with Crippen molar-refractivity contribution in [2.45, 2.75) is 38.7 Å². The Hall–Kier alpha value is -1.58. The van der Waals surface area contributed by atoms with Crippen molar-refractivity contribution >= 4 is 11.7 Å². The standard InChI is InChI=1S/C14H18FNO2/c1-9-2-5-11(6-3-9)18-14(17)10-4-7-12(15)13(16)8-10/h4,7-9,11H,2-3,5-6,16H2,1H3. The lowest BCUT2D eigenvalue weighted by Crippen LogP contribution is -2.23. The Balaban J connectivity index is 1.97. The van der Waals surface area contributed by atoms with Crippen molar-refractivity contribution in [3.05, 3.63) is 29.6 Å². The van der Waals surface area contributed by atoms with Crippen molar-refractivity contribution in [2.24, 2.45) is 5.92 Å². The lowest BCUT2D eigenvalue weighted by atomic mass is 9.89. The largest absolute Gasteiger partial charge is 0.459 e. The number of anilines is 1. The fourth-order valence-electron chi connectivity index (χ4n) is 2.24. The number of carbonyl (C=O) groups excluding carboxylic acids is 1. The van der Waals surface area contributed by atoms with Crippen LogP contribution in [0.5, 0.6) is 0 Å². The van der Waals surface area contributed by atoms with Gasteiger partial charge in [0, 0.05) is 0 Å². The summed E-state index contributed by atoms with van der Waals surface area (Å²) in [6.07, 6.45) is 3.97. The summed E-state index contributed by atoms with van der Waals surface area (Å²) in [6.45, 7) is 2.21. The lowest BCUT2D eigenvalue weighted by molar-refractivity contribution is 0.0174. The van der Waals surface area contributed by atoms with Crippen molar-refractivity contribution in [3.8, 4) is 0 Å². The van der Waals surface area contributed by atoms with Gasteiger partial charge in [-0.1, -0.05) is 6.92 Å². The molecule has 1 aromatic rings. The molecule has 0 atom stereocenters. The molecule has 4 heteroatoms. The van der Waals surface area contributed by atoms with E-state index in [2.05, 4.69) is 6.92 Å². The molecule has 0 radical (unpaired) electrons. The molecule has 0 heterocycles. The first-order valence-electron chi connectivity index (χ1n) is 6.32. The van der Waals surface area contributed by atoms with Crippen LogP contribution in [-0.2, 0) is 4.74 Å². The molecule has 1 fully saturated rings. The van der Waals surface area contributed by atoms with Gasteiger partial charge in [0.2, 0.25) is 0 Å². The van der Waals surface area contributed by atoms with E-state index in [9.17, 15) is 9.18 Å². The number of halogens is 1. The fraction of sp³-hybridized carbons (Fsp3) is 0.500. The van der Waals surface area contributed by atoms with Gasteiger partial charge in [-0.2, -0.15) is 0 Å². The van der Waals surface area contributed by atoms with Crippen LogP contribution >= 0.6 is 0 Å². The van der Waals surface area contributed by atoms with Crippen LogP contribution in [0.4, 0.5) is 10.1 Å². The number of hydrogen-bond donors (Lipinski definition) is 1. The first-order chi connectivity index (χ1) is 8.56. The van der Waals surface area contributed by atoms with Gasteiger partial charge in [0.15, 0.2) is 0 Å². The van der Waals surface area contributed by atoms with E-state index in [-0.39, 0.29) is 11.8 Å². The fourth-order valence-corrected chi connectivity index (χ4v) is 2.24. The van der Waals surface area contributed by atoms with Crippen molar-refractivity contribution < 1.29 is 13.9 Å². The summed E-state index contributed by atoms with van der Waals surface area (Å²) in [5.41, 5.74) is 5.71. The quantitative estimate of drug-likeness (QED) is 0.649. The Morgan fingerprint density at radius 1 is 1.33 bits per heavy atom. The van der Waals surface area contributed by atoms with Gasteiger partial charge in [0.05, 0.1) is 11.3 Å². The van der Waals surface area contributed by atoms with E-state index in [4.69, 9.17) is 10.5 Å². The predicted octanol–water partition coefficient (Wildman–Crippen LogP) is 3.14. The van der Waals surface area contributed by atoms with Gasteiger partial charge < -0.3 is 10.5 Å². The van der Waals surface area contributed by atoms with Gasteiger partial charge >= 0.3 is 5.97 Å². The van der Waals surface area contributed by atoms with Gasteiger partial charge in [-0.05, 0) is 49.8 Å². The smallest absolute Gasteiger partial charge is 0.338 e. The number of carbonyl (C=O) groups is 1.